The fourth-order valence-corrected chi connectivity index (χ4v) is 1.59. The Hall–Kier alpha value is -2.97. The van der Waals surface area contributed by atoms with Crippen LogP contribution in [-0.4, -0.2) is 17.4 Å². The van der Waals surface area contributed by atoms with E-state index in [0.717, 1.165) is 12.4 Å². The highest BCUT2D eigenvalue weighted by atomic mass is 19.4. The van der Waals surface area contributed by atoms with Crippen molar-refractivity contribution in [1.82, 2.24) is 4.98 Å². The van der Waals surface area contributed by atoms with E-state index in [4.69, 9.17) is 5.73 Å². The maximum Gasteiger partial charge on any atom is 0.417 e. The largest absolute Gasteiger partial charge is 0.463 e. The van der Waals surface area contributed by atoms with Crippen LogP contribution in [0, 0.1) is 5.82 Å². The molecule has 2 aromatic rings. The molecular formula is C15H12F4N2O3. The van der Waals surface area contributed by atoms with Crippen LogP contribution in [0.2, 0.25) is 0 Å². The van der Waals surface area contributed by atoms with Crippen LogP contribution in [0.4, 0.5) is 17.6 Å². The summed E-state index contributed by atoms with van der Waals surface area (Å²) in [7, 11) is 0. The van der Waals surface area contributed by atoms with Crippen molar-refractivity contribution in [2.75, 3.05) is 0 Å². The van der Waals surface area contributed by atoms with E-state index >= 15 is 0 Å². The first-order chi connectivity index (χ1) is 11.3. The van der Waals surface area contributed by atoms with Gasteiger partial charge in [0.25, 0.3) is 12.4 Å². The van der Waals surface area contributed by atoms with Crippen LogP contribution in [0.15, 0.2) is 42.7 Å². The monoisotopic (exact) mass is 344 g/mol. The molecule has 0 fully saturated rings. The summed E-state index contributed by atoms with van der Waals surface area (Å²) < 4.78 is 53.4. The quantitative estimate of drug-likeness (QED) is 0.683. The molecule has 1 aromatic carbocycles. The first kappa shape index (κ1) is 19.1. The van der Waals surface area contributed by atoms with Gasteiger partial charge in [-0.15, -0.1) is 0 Å². The summed E-state index contributed by atoms with van der Waals surface area (Å²) in [4.78, 5) is 23.7. The van der Waals surface area contributed by atoms with Crippen LogP contribution >= 0.6 is 0 Å². The van der Waals surface area contributed by atoms with Gasteiger partial charge in [-0.05, 0) is 23.8 Å². The molecule has 0 aliphatic carbocycles. The lowest BCUT2D eigenvalue weighted by atomic mass is 10.1. The highest BCUT2D eigenvalue weighted by Crippen LogP contribution is 2.30. The van der Waals surface area contributed by atoms with Gasteiger partial charge in [0.05, 0.1) is 11.1 Å². The highest BCUT2D eigenvalue weighted by molar-refractivity contribution is 5.94. The Morgan fingerprint density at radius 2 is 2.00 bits per heavy atom. The summed E-state index contributed by atoms with van der Waals surface area (Å²) in [5.41, 5.74) is 3.71. The first-order valence-electron chi connectivity index (χ1n) is 6.36. The molecule has 0 aliphatic rings. The fraction of sp³-hybridized carbons (Fsp3) is 0.133. The third kappa shape index (κ3) is 6.03. The van der Waals surface area contributed by atoms with E-state index in [1.54, 1.807) is 12.1 Å². The molecule has 0 radical (unpaired) electrons. The molecule has 2 rings (SSSR count). The van der Waals surface area contributed by atoms with E-state index in [9.17, 15) is 27.2 Å². The van der Waals surface area contributed by atoms with E-state index in [-0.39, 0.29) is 12.4 Å². The zero-order valence-electron chi connectivity index (χ0n) is 12.1. The zero-order chi connectivity index (χ0) is 18.2. The van der Waals surface area contributed by atoms with Gasteiger partial charge in [0.15, 0.2) is 0 Å². The number of nitrogens with zero attached hydrogens (tertiary/aromatic N) is 1. The van der Waals surface area contributed by atoms with Crippen LogP contribution in [0.3, 0.4) is 0 Å². The zero-order valence-corrected chi connectivity index (χ0v) is 12.1. The first-order valence-corrected chi connectivity index (χ1v) is 6.36. The summed E-state index contributed by atoms with van der Waals surface area (Å²) in [6.45, 7) is 0.464. The minimum atomic E-state index is -4.58. The Kier molecular flexibility index (Phi) is 6.84. The summed E-state index contributed by atoms with van der Waals surface area (Å²) >= 11 is 0. The number of rotatable bonds is 4. The molecule has 128 valence electrons. The summed E-state index contributed by atoms with van der Waals surface area (Å²) in [5, 5.41) is 0. The fourth-order valence-electron chi connectivity index (χ4n) is 1.59. The Morgan fingerprint density at radius 3 is 2.50 bits per heavy atom. The van der Waals surface area contributed by atoms with E-state index in [1.165, 1.54) is 12.1 Å². The van der Waals surface area contributed by atoms with Crippen molar-refractivity contribution < 1.29 is 31.9 Å². The van der Waals surface area contributed by atoms with E-state index in [0.29, 0.717) is 18.1 Å². The lowest BCUT2D eigenvalue weighted by Gasteiger charge is -2.08. The number of primary amides is 1. The Morgan fingerprint density at radius 1 is 1.29 bits per heavy atom. The summed E-state index contributed by atoms with van der Waals surface area (Å²) in [5.74, 6) is -1.46. The van der Waals surface area contributed by atoms with Crippen LogP contribution < -0.4 is 5.73 Å². The number of pyridine rings is 1. The minimum absolute atomic E-state index is 0.126. The van der Waals surface area contributed by atoms with Gasteiger partial charge in [0, 0.05) is 12.4 Å². The Balaban J connectivity index is 0.000000243. The SMILES string of the molecule is NC(=O)c1cnccc1C(F)(F)F.O=COCc1cccc(F)c1. The number of aromatic nitrogens is 1. The van der Waals surface area contributed by atoms with E-state index in [1.807, 2.05) is 0 Å². The van der Waals surface area contributed by atoms with Gasteiger partial charge in [-0.3, -0.25) is 14.6 Å². The van der Waals surface area contributed by atoms with Gasteiger partial charge in [-0.25, -0.2) is 4.39 Å². The van der Waals surface area contributed by atoms with Gasteiger partial charge in [0.2, 0.25) is 0 Å². The predicted molar refractivity (Wildman–Crippen MR) is 75.0 cm³/mol. The number of carbonyl (C=O) groups excluding carboxylic acids is 2. The predicted octanol–water partition coefficient (Wildman–Crippen LogP) is 2.70. The average molecular weight is 344 g/mol. The van der Waals surface area contributed by atoms with E-state index in [2.05, 4.69) is 9.72 Å². The molecule has 2 N–H and O–H groups in total. The normalized spacial score (nSPS) is 10.3. The lowest BCUT2D eigenvalue weighted by molar-refractivity contribution is -0.138. The Bertz CT molecular complexity index is 705. The second-order valence-corrected chi connectivity index (χ2v) is 4.32. The average Bonchev–Trinajstić information content (AvgIpc) is 2.53. The smallest absolute Gasteiger partial charge is 0.417 e. The van der Waals surface area contributed by atoms with Gasteiger partial charge >= 0.3 is 6.18 Å². The number of hydrogen-bond donors (Lipinski definition) is 1. The molecule has 0 bridgehead atoms. The van der Waals surface area contributed by atoms with Crippen LogP contribution in [0.5, 0.6) is 0 Å². The molecule has 9 heteroatoms. The Labute approximate surface area is 134 Å². The molecule has 1 amide bonds. The van der Waals surface area contributed by atoms with Crippen molar-refractivity contribution in [2.24, 2.45) is 5.73 Å². The van der Waals surface area contributed by atoms with Crippen molar-refractivity contribution in [3.63, 3.8) is 0 Å². The molecule has 1 aromatic heterocycles. The third-order valence-electron chi connectivity index (χ3n) is 2.60. The second-order valence-electron chi connectivity index (χ2n) is 4.32. The minimum Gasteiger partial charge on any atom is -0.463 e. The van der Waals surface area contributed by atoms with Gasteiger partial charge in [0.1, 0.15) is 12.4 Å². The molecule has 0 unspecified atom stereocenters. The number of halogens is 4. The number of nitrogens with two attached hydrogens (primary N) is 1. The highest BCUT2D eigenvalue weighted by Gasteiger charge is 2.34. The molecule has 0 saturated carbocycles. The second kappa shape index (κ2) is 8.61. The summed E-state index contributed by atoms with van der Waals surface area (Å²) in [6.07, 6.45) is -2.83. The molecule has 0 saturated heterocycles. The third-order valence-corrected chi connectivity index (χ3v) is 2.60. The van der Waals surface area contributed by atoms with Crippen molar-refractivity contribution in [3.8, 4) is 0 Å². The van der Waals surface area contributed by atoms with Crippen LogP contribution in [-0.2, 0) is 22.3 Å². The standard InChI is InChI=1S/C8H7FO2.C7H5F3N2O/c9-8-3-1-2-7(4-8)5-11-6-10;8-7(9,10)5-1-2-12-3-4(5)6(11)13/h1-4,6H,5H2;1-3H,(H2,11,13). The van der Waals surface area contributed by atoms with Crippen molar-refractivity contribution >= 4 is 12.4 Å². The van der Waals surface area contributed by atoms with Gasteiger partial charge < -0.3 is 10.5 Å². The topological polar surface area (TPSA) is 82.3 Å². The molecule has 5 nitrogen and oxygen atoms in total. The molecule has 0 aliphatic heterocycles. The maximum atomic E-state index is 12.5. The van der Waals surface area contributed by atoms with Gasteiger partial charge in [-0.1, -0.05) is 12.1 Å². The molecular weight excluding hydrogens is 332 g/mol. The molecule has 0 spiro atoms. The van der Waals surface area contributed by atoms with Crippen LogP contribution in [0.25, 0.3) is 0 Å². The molecule has 0 atom stereocenters. The number of alkyl halides is 3. The van der Waals surface area contributed by atoms with Crippen molar-refractivity contribution in [2.45, 2.75) is 12.8 Å². The molecule has 24 heavy (non-hydrogen) atoms. The van der Waals surface area contributed by atoms with E-state index < -0.39 is 23.2 Å². The van der Waals surface area contributed by atoms with Crippen LogP contribution in [0.1, 0.15) is 21.5 Å². The lowest BCUT2D eigenvalue weighted by Crippen LogP contribution is -2.18. The number of ether oxygens (including phenoxy) is 1. The number of hydrogen-bond acceptors (Lipinski definition) is 4. The van der Waals surface area contributed by atoms with Crippen molar-refractivity contribution in [3.05, 3.63) is 65.2 Å². The maximum absolute atomic E-state index is 12.5. The van der Waals surface area contributed by atoms with Gasteiger partial charge in [-0.2, -0.15) is 13.2 Å². The molecule has 1 heterocycles. The number of benzene rings is 1. The number of amides is 1. The number of carbonyl (C=O) groups is 2. The van der Waals surface area contributed by atoms with Crippen molar-refractivity contribution in [1.29, 1.82) is 0 Å². The summed E-state index contributed by atoms with van der Waals surface area (Å²) in [6, 6.07) is 6.62.